The Balaban J connectivity index is 2.06. The maximum Gasteiger partial charge on any atom is 0.310 e. The molecule has 1 aromatic rings. The van der Waals surface area contributed by atoms with Crippen LogP contribution in [0.1, 0.15) is 6.42 Å². The van der Waals surface area contributed by atoms with Crippen LogP contribution in [0.2, 0.25) is 5.15 Å². The highest BCUT2D eigenvalue weighted by molar-refractivity contribution is 6.29. The molecule has 5 heteroatoms. The minimum absolute atomic E-state index is 0.0306. The Bertz CT molecular complexity index is 397. The summed E-state index contributed by atoms with van der Waals surface area (Å²) in [6.45, 7) is 1.53. The van der Waals surface area contributed by atoms with Crippen molar-refractivity contribution in [3.8, 4) is 0 Å². The van der Waals surface area contributed by atoms with Gasteiger partial charge in [-0.1, -0.05) is 11.6 Å². The number of ether oxygens (including phenoxy) is 1. The zero-order valence-corrected chi connectivity index (χ0v) is 9.78. The summed E-state index contributed by atoms with van der Waals surface area (Å²) in [5, 5.41) is 0.471. The molecule has 2 heterocycles. The van der Waals surface area contributed by atoms with E-state index in [9.17, 15) is 4.79 Å². The number of methoxy groups -OCH3 is 1. The molecule has 0 saturated carbocycles. The van der Waals surface area contributed by atoms with E-state index < -0.39 is 0 Å². The number of carbonyl (C=O) groups excluding carboxylic acids is 1. The molecule has 2 rings (SSSR count). The third-order valence-corrected chi connectivity index (χ3v) is 3.00. The van der Waals surface area contributed by atoms with E-state index in [2.05, 4.69) is 9.88 Å². The van der Waals surface area contributed by atoms with Gasteiger partial charge in [0.15, 0.2) is 0 Å². The fourth-order valence-electron chi connectivity index (χ4n) is 1.94. The van der Waals surface area contributed by atoms with Crippen molar-refractivity contribution >= 4 is 23.3 Å². The largest absolute Gasteiger partial charge is 0.469 e. The maximum atomic E-state index is 11.4. The van der Waals surface area contributed by atoms with E-state index in [4.69, 9.17) is 16.3 Å². The second kappa shape index (κ2) is 4.70. The first-order chi connectivity index (χ1) is 7.70. The summed E-state index contributed by atoms with van der Waals surface area (Å²) < 4.78 is 4.74. The molecule has 1 fully saturated rings. The lowest BCUT2D eigenvalue weighted by atomic mass is 10.1. The Kier molecular flexibility index (Phi) is 3.29. The van der Waals surface area contributed by atoms with Gasteiger partial charge in [0.05, 0.1) is 13.0 Å². The molecule has 0 spiro atoms. The molecular formula is C11H13ClN2O2. The lowest BCUT2D eigenvalue weighted by molar-refractivity contribution is -0.144. The quantitative estimate of drug-likeness (QED) is 0.583. The van der Waals surface area contributed by atoms with Crippen LogP contribution in [-0.4, -0.2) is 31.2 Å². The highest BCUT2D eigenvalue weighted by Crippen LogP contribution is 2.25. The van der Waals surface area contributed by atoms with Crippen LogP contribution < -0.4 is 4.90 Å². The van der Waals surface area contributed by atoms with Crippen molar-refractivity contribution in [3.05, 3.63) is 23.5 Å². The molecule has 1 saturated heterocycles. The molecule has 0 unspecified atom stereocenters. The van der Waals surface area contributed by atoms with Crippen molar-refractivity contribution in [2.24, 2.45) is 5.92 Å². The molecule has 86 valence electrons. The summed E-state index contributed by atoms with van der Waals surface area (Å²) in [4.78, 5) is 17.4. The number of hydrogen-bond acceptors (Lipinski definition) is 4. The lowest BCUT2D eigenvalue weighted by Crippen LogP contribution is -2.23. The van der Waals surface area contributed by atoms with Gasteiger partial charge in [-0.2, -0.15) is 0 Å². The van der Waals surface area contributed by atoms with Gasteiger partial charge in [-0.25, -0.2) is 4.98 Å². The van der Waals surface area contributed by atoms with Gasteiger partial charge in [-0.15, -0.1) is 0 Å². The second-order valence-corrected chi connectivity index (χ2v) is 4.18. The predicted molar refractivity (Wildman–Crippen MR) is 61.6 cm³/mol. The summed E-state index contributed by atoms with van der Waals surface area (Å²) in [6.07, 6.45) is 2.50. The first-order valence-electron chi connectivity index (χ1n) is 5.15. The van der Waals surface area contributed by atoms with E-state index in [1.807, 2.05) is 6.07 Å². The van der Waals surface area contributed by atoms with Crippen molar-refractivity contribution in [2.75, 3.05) is 25.1 Å². The van der Waals surface area contributed by atoms with Crippen molar-refractivity contribution in [1.29, 1.82) is 0 Å². The van der Waals surface area contributed by atoms with Gasteiger partial charge in [0.1, 0.15) is 5.15 Å². The van der Waals surface area contributed by atoms with Gasteiger partial charge < -0.3 is 9.64 Å². The molecule has 0 bridgehead atoms. The van der Waals surface area contributed by atoms with Gasteiger partial charge in [0.2, 0.25) is 0 Å². The number of aromatic nitrogens is 1. The monoisotopic (exact) mass is 240 g/mol. The zero-order valence-electron chi connectivity index (χ0n) is 9.02. The highest BCUT2D eigenvalue weighted by Gasteiger charge is 2.29. The van der Waals surface area contributed by atoms with Crippen LogP contribution in [0.15, 0.2) is 18.3 Å². The van der Waals surface area contributed by atoms with Crippen LogP contribution in [0.3, 0.4) is 0 Å². The van der Waals surface area contributed by atoms with Crippen LogP contribution in [0.5, 0.6) is 0 Å². The highest BCUT2D eigenvalue weighted by atomic mass is 35.5. The third-order valence-electron chi connectivity index (χ3n) is 2.80. The van der Waals surface area contributed by atoms with E-state index in [-0.39, 0.29) is 11.9 Å². The molecule has 16 heavy (non-hydrogen) atoms. The number of nitrogens with zero attached hydrogens (tertiary/aromatic N) is 2. The average Bonchev–Trinajstić information content (AvgIpc) is 2.77. The number of rotatable bonds is 2. The molecule has 1 aliphatic rings. The number of hydrogen-bond donors (Lipinski definition) is 0. The van der Waals surface area contributed by atoms with Crippen molar-refractivity contribution in [1.82, 2.24) is 4.98 Å². The van der Waals surface area contributed by atoms with Crippen molar-refractivity contribution < 1.29 is 9.53 Å². The summed E-state index contributed by atoms with van der Waals surface area (Å²) in [5.74, 6) is -0.167. The Labute approximate surface area is 99.2 Å². The van der Waals surface area contributed by atoms with Gasteiger partial charge in [-0.05, 0) is 18.6 Å². The molecule has 0 aliphatic carbocycles. The van der Waals surface area contributed by atoms with Gasteiger partial charge in [0, 0.05) is 25.0 Å². The van der Waals surface area contributed by atoms with Crippen molar-refractivity contribution in [3.63, 3.8) is 0 Å². The molecule has 0 amide bonds. The van der Waals surface area contributed by atoms with Crippen LogP contribution in [-0.2, 0) is 9.53 Å². The average molecular weight is 241 g/mol. The molecule has 1 atom stereocenters. The van der Waals surface area contributed by atoms with E-state index in [1.165, 1.54) is 7.11 Å². The second-order valence-electron chi connectivity index (χ2n) is 3.79. The molecule has 1 aromatic heterocycles. The number of halogens is 1. The maximum absolute atomic E-state index is 11.4. The van der Waals surface area contributed by atoms with Gasteiger partial charge in [0.25, 0.3) is 0 Å². The molecule has 1 aliphatic heterocycles. The summed E-state index contributed by atoms with van der Waals surface area (Å²) in [6, 6.07) is 3.70. The molecule has 4 nitrogen and oxygen atoms in total. The molecule has 0 radical (unpaired) electrons. The minimum Gasteiger partial charge on any atom is -0.469 e. The molecule has 0 aromatic carbocycles. The molecular weight excluding hydrogens is 228 g/mol. The van der Waals surface area contributed by atoms with Crippen LogP contribution in [0.4, 0.5) is 5.69 Å². The van der Waals surface area contributed by atoms with E-state index >= 15 is 0 Å². The van der Waals surface area contributed by atoms with Gasteiger partial charge >= 0.3 is 5.97 Å². The van der Waals surface area contributed by atoms with Gasteiger partial charge in [-0.3, -0.25) is 4.79 Å². The minimum atomic E-state index is -0.136. The first kappa shape index (κ1) is 11.2. The predicted octanol–water partition coefficient (Wildman–Crippen LogP) is 1.73. The first-order valence-corrected chi connectivity index (χ1v) is 5.53. The fourth-order valence-corrected chi connectivity index (χ4v) is 2.11. The normalized spacial score (nSPS) is 19.9. The summed E-state index contributed by atoms with van der Waals surface area (Å²) in [7, 11) is 1.42. The number of anilines is 1. The van der Waals surface area contributed by atoms with E-state index in [1.54, 1.807) is 12.3 Å². The fraction of sp³-hybridized carbons (Fsp3) is 0.455. The Hall–Kier alpha value is -1.29. The van der Waals surface area contributed by atoms with Crippen molar-refractivity contribution in [2.45, 2.75) is 6.42 Å². The summed E-state index contributed by atoms with van der Waals surface area (Å²) >= 11 is 5.82. The third kappa shape index (κ3) is 2.27. The topological polar surface area (TPSA) is 42.4 Å². The Morgan fingerprint density at radius 2 is 2.50 bits per heavy atom. The van der Waals surface area contributed by atoms with Crippen LogP contribution in [0, 0.1) is 5.92 Å². The lowest BCUT2D eigenvalue weighted by Gasteiger charge is -2.17. The molecule has 0 N–H and O–H groups in total. The smallest absolute Gasteiger partial charge is 0.310 e. The van der Waals surface area contributed by atoms with E-state index in [0.29, 0.717) is 11.7 Å². The summed E-state index contributed by atoms with van der Waals surface area (Å²) in [5.41, 5.74) is 1.01. The number of carbonyl (C=O) groups is 1. The number of esters is 1. The van der Waals surface area contributed by atoms with Crippen LogP contribution >= 0.6 is 11.6 Å². The number of pyridine rings is 1. The Morgan fingerprint density at radius 1 is 1.69 bits per heavy atom. The zero-order chi connectivity index (χ0) is 11.5. The van der Waals surface area contributed by atoms with E-state index in [0.717, 1.165) is 18.7 Å². The Morgan fingerprint density at radius 3 is 3.19 bits per heavy atom. The standard InChI is InChI=1S/C11H13ClN2O2/c1-16-11(15)8-3-5-14(7-8)9-2-4-13-10(12)6-9/h2,4,6,8H,3,5,7H2,1H3/t8-/m0/s1. The SMILES string of the molecule is COC(=O)[C@H]1CCN(c2ccnc(Cl)c2)C1. The van der Waals surface area contributed by atoms with Crippen LogP contribution in [0.25, 0.3) is 0 Å².